The van der Waals surface area contributed by atoms with Gasteiger partial charge in [0.05, 0.1) is 5.69 Å². The normalized spacial score (nSPS) is 10.3. The summed E-state index contributed by atoms with van der Waals surface area (Å²) in [6, 6.07) is 6.85. The minimum absolute atomic E-state index is 0.335. The van der Waals surface area contributed by atoms with E-state index >= 15 is 0 Å². The van der Waals surface area contributed by atoms with Gasteiger partial charge in [-0.25, -0.2) is 4.98 Å². The average molecular weight is 240 g/mol. The molecule has 0 aliphatic rings. The summed E-state index contributed by atoms with van der Waals surface area (Å²) in [5.74, 6) is 0. The van der Waals surface area contributed by atoms with Crippen LogP contribution in [0.4, 0.5) is 5.69 Å². The second kappa shape index (κ2) is 4.04. The fourth-order valence-electron chi connectivity index (χ4n) is 1.22. The molecule has 3 nitrogen and oxygen atoms in total. The van der Waals surface area contributed by atoms with Gasteiger partial charge in [-0.1, -0.05) is 23.2 Å². The molecule has 2 N–H and O–H groups in total. The lowest BCUT2D eigenvalue weighted by Gasteiger charge is -2.02. The third kappa shape index (κ3) is 2.37. The number of aromatic nitrogens is 2. The molecular formula is C10H7Cl2N3. The van der Waals surface area contributed by atoms with Crippen molar-refractivity contribution in [2.75, 3.05) is 5.73 Å². The van der Waals surface area contributed by atoms with Crippen molar-refractivity contribution in [1.82, 2.24) is 9.97 Å². The van der Waals surface area contributed by atoms with Gasteiger partial charge in [0.1, 0.15) is 10.3 Å². The predicted molar refractivity (Wildman–Crippen MR) is 61.9 cm³/mol. The fourth-order valence-corrected chi connectivity index (χ4v) is 1.68. The molecule has 15 heavy (non-hydrogen) atoms. The Morgan fingerprint density at radius 2 is 1.73 bits per heavy atom. The summed E-state index contributed by atoms with van der Waals surface area (Å²) in [5, 5.41) is 0.670. The molecule has 0 spiro atoms. The predicted octanol–water partition coefficient (Wildman–Crippen LogP) is 3.03. The third-order valence-corrected chi connectivity index (χ3v) is 2.23. The maximum atomic E-state index is 5.79. The molecule has 0 amide bonds. The van der Waals surface area contributed by atoms with Crippen LogP contribution in [-0.2, 0) is 0 Å². The number of nitrogen functional groups attached to an aromatic ring is 1. The van der Waals surface area contributed by atoms with Gasteiger partial charge in [0.2, 0.25) is 0 Å². The Hall–Kier alpha value is -1.32. The number of rotatable bonds is 1. The number of anilines is 1. The van der Waals surface area contributed by atoms with Gasteiger partial charge in [0.25, 0.3) is 0 Å². The van der Waals surface area contributed by atoms with Gasteiger partial charge in [0, 0.05) is 17.4 Å². The monoisotopic (exact) mass is 239 g/mol. The van der Waals surface area contributed by atoms with Gasteiger partial charge in [-0.05, 0) is 24.3 Å². The molecule has 0 bridgehead atoms. The van der Waals surface area contributed by atoms with Crippen molar-refractivity contribution in [2.24, 2.45) is 0 Å². The van der Waals surface area contributed by atoms with Crippen LogP contribution in [-0.4, -0.2) is 9.97 Å². The summed E-state index contributed by atoms with van der Waals surface area (Å²) in [6.45, 7) is 0. The van der Waals surface area contributed by atoms with Crippen molar-refractivity contribution >= 4 is 28.9 Å². The van der Waals surface area contributed by atoms with Crippen LogP contribution in [0.1, 0.15) is 0 Å². The maximum absolute atomic E-state index is 5.79. The second-order valence-electron chi connectivity index (χ2n) is 2.98. The maximum Gasteiger partial charge on any atom is 0.131 e. The summed E-state index contributed by atoms with van der Waals surface area (Å²) in [6.07, 6.45) is 1.63. The van der Waals surface area contributed by atoms with Crippen molar-refractivity contribution in [3.05, 3.63) is 40.8 Å². The Morgan fingerprint density at radius 1 is 1.07 bits per heavy atom. The molecular weight excluding hydrogens is 233 g/mol. The van der Waals surface area contributed by atoms with Gasteiger partial charge < -0.3 is 5.73 Å². The fraction of sp³-hybridized carbons (Fsp3) is 0. The van der Waals surface area contributed by atoms with Crippen LogP contribution in [0.15, 0.2) is 30.5 Å². The number of halogens is 2. The molecule has 0 atom stereocenters. The highest BCUT2D eigenvalue weighted by atomic mass is 35.5. The van der Waals surface area contributed by atoms with Crippen LogP contribution in [0.25, 0.3) is 11.3 Å². The topological polar surface area (TPSA) is 51.8 Å². The molecule has 0 aliphatic carbocycles. The minimum Gasteiger partial charge on any atom is -0.399 e. The van der Waals surface area contributed by atoms with E-state index in [1.807, 2.05) is 0 Å². The lowest BCUT2D eigenvalue weighted by molar-refractivity contribution is 1.29. The van der Waals surface area contributed by atoms with E-state index in [1.165, 1.54) is 0 Å². The molecule has 2 heterocycles. The van der Waals surface area contributed by atoms with Crippen LogP contribution in [0.5, 0.6) is 0 Å². The summed E-state index contributed by atoms with van der Waals surface area (Å²) in [4.78, 5) is 8.02. The largest absolute Gasteiger partial charge is 0.399 e. The van der Waals surface area contributed by atoms with Crippen molar-refractivity contribution in [2.45, 2.75) is 0 Å². The van der Waals surface area contributed by atoms with E-state index in [2.05, 4.69) is 9.97 Å². The Kier molecular flexibility index (Phi) is 2.75. The first kappa shape index (κ1) is 10.2. The molecule has 2 aromatic heterocycles. The minimum atomic E-state index is 0.335. The van der Waals surface area contributed by atoms with E-state index in [0.29, 0.717) is 16.0 Å². The van der Waals surface area contributed by atoms with Gasteiger partial charge in [-0.15, -0.1) is 0 Å². The molecule has 0 saturated carbocycles. The van der Waals surface area contributed by atoms with Crippen molar-refractivity contribution in [3.8, 4) is 11.3 Å². The standard InChI is InChI=1S/C10H7Cl2N3/c11-9-3-6(4-10(12)15-9)8-5-7(13)1-2-14-8/h1-5H,(H2,13,14). The first-order valence-electron chi connectivity index (χ1n) is 4.20. The third-order valence-electron chi connectivity index (χ3n) is 1.84. The SMILES string of the molecule is Nc1ccnc(-c2cc(Cl)nc(Cl)c2)c1. The van der Waals surface area contributed by atoms with Crippen molar-refractivity contribution in [3.63, 3.8) is 0 Å². The van der Waals surface area contributed by atoms with Crippen LogP contribution < -0.4 is 5.73 Å². The number of hydrogen-bond donors (Lipinski definition) is 1. The number of hydrogen-bond acceptors (Lipinski definition) is 3. The number of nitrogens with two attached hydrogens (primary N) is 1. The van der Waals surface area contributed by atoms with Crippen molar-refractivity contribution < 1.29 is 0 Å². The lowest BCUT2D eigenvalue weighted by atomic mass is 10.2. The van der Waals surface area contributed by atoms with E-state index in [4.69, 9.17) is 28.9 Å². The summed E-state index contributed by atoms with van der Waals surface area (Å²) in [5.41, 5.74) is 7.81. The second-order valence-corrected chi connectivity index (χ2v) is 3.75. The zero-order valence-electron chi connectivity index (χ0n) is 7.61. The zero-order chi connectivity index (χ0) is 10.8. The van der Waals surface area contributed by atoms with Gasteiger partial charge in [-0.2, -0.15) is 0 Å². The summed E-state index contributed by atoms with van der Waals surface area (Å²) < 4.78 is 0. The van der Waals surface area contributed by atoms with Gasteiger partial charge >= 0.3 is 0 Å². The molecule has 0 fully saturated rings. The lowest BCUT2D eigenvalue weighted by Crippen LogP contribution is -1.89. The highest BCUT2D eigenvalue weighted by molar-refractivity contribution is 6.32. The molecule has 2 aromatic rings. The molecule has 0 aliphatic heterocycles. The van der Waals surface area contributed by atoms with Crippen LogP contribution in [0.3, 0.4) is 0 Å². The molecule has 5 heteroatoms. The molecule has 0 aromatic carbocycles. The smallest absolute Gasteiger partial charge is 0.131 e. The summed E-state index contributed by atoms with van der Waals surface area (Å²) in [7, 11) is 0. The molecule has 0 saturated heterocycles. The Bertz CT molecular complexity index is 480. The molecule has 2 rings (SSSR count). The van der Waals surface area contributed by atoms with Crippen molar-refractivity contribution in [1.29, 1.82) is 0 Å². The van der Waals surface area contributed by atoms with Crippen LogP contribution >= 0.6 is 23.2 Å². The van der Waals surface area contributed by atoms with E-state index in [0.717, 1.165) is 11.3 Å². The van der Waals surface area contributed by atoms with Crippen LogP contribution in [0.2, 0.25) is 10.3 Å². The summed E-state index contributed by atoms with van der Waals surface area (Å²) >= 11 is 11.6. The molecule has 0 radical (unpaired) electrons. The first-order valence-corrected chi connectivity index (χ1v) is 4.96. The van der Waals surface area contributed by atoms with Gasteiger partial charge in [0.15, 0.2) is 0 Å². The molecule has 76 valence electrons. The van der Waals surface area contributed by atoms with E-state index in [9.17, 15) is 0 Å². The Morgan fingerprint density at radius 3 is 2.33 bits per heavy atom. The molecule has 0 unspecified atom stereocenters. The highest BCUT2D eigenvalue weighted by Gasteiger charge is 2.03. The van der Waals surface area contributed by atoms with E-state index < -0.39 is 0 Å². The number of nitrogens with zero attached hydrogens (tertiary/aromatic N) is 2. The van der Waals surface area contributed by atoms with Crippen LogP contribution in [0, 0.1) is 0 Å². The quantitative estimate of drug-likeness (QED) is 0.779. The first-order chi connectivity index (χ1) is 7.15. The Labute approximate surface area is 96.9 Å². The Balaban J connectivity index is 2.54. The average Bonchev–Trinajstić information content (AvgIpc) is 2.16. The highest BCUT2D eigenvalue weighted by Crippen LogP contribution is 2.24. The number of pyridine rings is 2. The van der Waals surface area contributed by atoms with E-state index in [1.54, 1.807) is 30.5 Å². The van der Waals surface area contributed by atoms with Gasteiger partial charge in [-0.3, -0.25) is 4.98 Å². The van der Waals surface area contributed by atoms with E-state index in [-0.39, 0.29) is 0 Å². The zero-order valence-corrected chi connectivity index (χ0v) is 9.13.